The number of anilines is 2. The molecule has 49 heavy (non-hydrogen) atoms. The molecule has 0 bridgehead atoms. The number of nitrogens with zero attached hydrogens (tertiary/aromatic N) is 2. The van der Waals surface area contributed by atoms with Crippen LogP contribution in [0.1, 0.15) is 20.7 Å². The zero-order valence-electron chi connectivity index (χ0n) is 25.8. The quantitative estimate of drug-likeness (QED) is 0.167. The number of aromatic nitrogens is 2. The topological polar surface area (TPSA) is 93.2 Å². The summed E-state index contributed by atoms with van der Waals surface area (Å²) in [4.78, 5) is 35.1. The SMILES string of the molecule is O=C(Nc1nc(-c2ccc3ccccc3c2)cs1)c1ccc(Oc2ccc(C(=O)Nc3nc(-c4ccc5ccccc5c4)cs3)cc2)cc1. The van der Waals surface area contributed by atoms with Gasteiger partial charge in [-0.1, -0.05) is 72.8 Å². The van der Waals surface area contributed by atoms with Gasteiger partial charge in [0, 0.05) is 33.0 Å². The molecule has 2 heterocycles. The maximum absolute atomic E-state index is 12.9. The lowest BCUT2D eigenvalue weighted by atomic mass is 10.1. The number of amides is 2. The van der Waals surface area contributed by atoms with Gasteiger partial charge in [-0.25, -0.2) is 9.97 Å². The molecule has 9 heteroatoms. The van der Waals surface area contributed by atoms with E-state index in [2.05, 4.69) is 69.1 Å². The predicted molar refractivity (Wildman–Crippen MR) is 199 cm³/mol. The molecule has 0 unspecified atom stereocenters. The molecule has 7 nitrogen and oxygen atoms in total. The van der Waals surface area contributed by atoms with E-state index in [-0.39, 0.29) is 11.8 Å². The Kier molecular flexibility index (Phi) is 8.10. The average Bonchev–Trinajstić information content (AvgIpc) is 3.82. The van der Waals surface area contributed by atoms with Crippen molar-refractivity contribution in [3.8, 4) is 34.0 Å². The van der Waals surface area contributed by atoms with E-state index in [0.29, 0.717) is 32.9 Å². The van der Waals surface area contributed by atoms with Crippen molar-refractivity contribution < 1.29 is 14.3 Å². The minimum absolute atomic E-state index is 0.258. The molecule has 6 aromatic carbocycles. The van der Waals surface area contributed by atoms with Crippen LogP contribution in [0.5, 0.6) is 11.5 Å². The second-order valence-electron chi connectivity index (χ2n) is 11.3. The van der Waals surface area contributed by atoms with Crippen LogP contribution in [0.25, 0.3) is 44.1 Å². The maximum atomic E-state index is 12.9. The summed E-state index contributed by atoms with van der Waals surface area (Å²) in [6.45, 7) is 0. The molecule has 0 aliphatic heterocycles. The Morgan fingerprint density at radius 1 is 0.490 bits per heavy atom. The Morgan fingerprint density at radius 2 is 0.898 bits per heavy atom. The molecule has 2 N–H and O–H groups in total. The minimum Gasteiger partial charge on any atom is -0.457 e. The third kappa shape index (κ3) is 6.66. The van der Waals surface area contributed by atoms with E-state index < -0.39 is 0 Å². The molecule has 0 aliphatic carbocycles. The van der Waals surface area contributed by atoms with Gasteiger partial charge in [0.25, 0.3) is 11.8 Å². The fourth-order valence-corrected chi connectivity index (χ4v) is 6.88. The fraction of sp³-hybridized carbons (Fsp3) is 0. The number of hydrogen-bond donors (Lipinski definition) is 2. The molecule has 236 valence electrons. The molecular formula is C40H26N4O3S2. The first kappa shape index (κ1) is 30.2. The van der Waals surface area contributed by atoms with Crippen LogP contribution in [0.2, 0.25) is 0 Å². The Hall–Kier alpha value is -6.16. The summed E-state index contributed by atoms with van der Waals surface area (Å²) in [5.41, 5.74) is 4.58. The van der Waals surface area contributed by atoms with Crippen LogP contribution in [0.4, 0.5) is 10.3 Å². The van der Waals surface area contributed by atoms with Gasteiger partial charge in [0.05, 0.1) is 11.4 Å². The molecular weight excluding hydrogens is 649 g/mol. The number of rotatable bonds is 8. The number of thiazole rings is 2. The average molecular weight is 675 g/mol. The lowest BCUT2D eigenvalue weighted by Crippen LogP contribution is -2.11. The number of hydrogen-bond acceptors (Lipinski definition) is 7. The summed E-state index contributed by atoms with van der Waals surface area (Å²) in [7, 11) is 0. The largest absolute Gasteiger partial charge is 0.457 e. The Morgan fingerprint density at radius 3 is 1.33 bits per heavy atom. The van der Waals surface area contributed by atoms with Crippen LogP contribution >= 0.6 is 22.7 Å². The van der Waals surface area contributed by atoms with Crippen LogP contribution in [0.3, 0.4) is 0 Å². The van der Waals surface area contributed by atoms with Gasteiger partial charge in [0.15, 0.2) is 10.3 Å². The maximum Gasteiger partial charge on any atom is 0.257 e. The number of benzene rings is 6. The molecule has 0 radical (unpaired) electrons. The van der Waals surface area contributed by atoms with Gasteiger partial charge in [-0.15, -0.1) is 22.7 Å². The van der Waals surface area contributed by atoms with Crippen molar-refractivity contribution >= 4 is 66.3 Å². The monoisotopic (exact) mass is 674 g/mol. The van der Waals surface area contributed by atoms with Crippen LogP contribution < -0.4 is 15.4 Å². The summed E-state index contributed by atoms with van der Waals surface area (Å²) < 4.78 is 5.97. The number of nitrogens with one attached hydrogen (secondary N) is 2. The first-order valence-corrected chi connectivity index (χ1v) is 17.2. The minimum atomic E-state index is -0.258. The summed E-state index contributed by atoms with van der Waals surface area (Å²) in [6.07, 6.45) is 0. The molecule has 0 aliphatic rings. The Labute approximate surface area is 289 Å². The van der Waals surface area contributed by atoms with E-state index in [9.17, 15) is 9.59 Å². The van der Waals surface area contributed by atoms with Crippen molar-refractivity contribution in [2.24, 2.45) is 0 Å². The number of fused-ring (bicyclic) bond motifs is 2. The molecule has 0 saturated heterocycles. The van der Waals surface area contributed by atoms with Crippen LogP contribution in [-0.4, -0.2) is 21.8 Å². The van der Waals surface area contributed by atoms with Crippen molar-refractivity contribution in [2.45, 2.75) is 0 Å². The highest BCUT2D eigenvalue weighted by Crippen LogP contribution is 2.30. The summed E-state index contributed by atoms with van der Waals surface area (Å²) >= 11 is 2.76. The third-order valence-electron chi connectivity index (χ3n) is 8.01. The molecule has 0 fully saturated rings. The van der Waals surface area contributed by atoms with E-state index in [1.165, 1.54) is 33.4 Å². The van der Waals surface area contributed by atoms with E-state index in [1.54, 1.807) is 48.5 Å². The lowest BCUT2D eigenvalue weighted by Gasteiger charge is -2.08. The van der Waals surface area contributed by atoms with Crippen molar-refractivity contribution in [1.29, 1.82) is 0 Å². The van der Waals surface area contributed by atoms with Gasteiger partial charge in [-0.2, -0.15) is 0 Å². The molecule has 2 aromatic heterocycles. The summed E-state index contributed by atoms with van der Waals surface area (Å²) in [6, 6.07) is 42.5. The van der Waals surface area contributed by atoms with Gasteiger partial charge >= 0.3 is 0 Å². The molecule has 8 aromatic rings. The number of carbonyl (C=O) groups is 2. The van der Waals surface area contributed by atoms with Gasteiger partial charge in [-0.3, -0.25) is 20.2 Å². The highest BCUT2D eigenvalue weighted by atomic mass is 32.1. The van der Waals surface area contributed by atoms with Crippen LogP contribution in [0, 0.1) is 0 Å². The Bertz CT molecular complexity index is 2300. The van der Waals surface area contributed by atoms with Crippen LogP contribution in [0.15, 0.2) is 144 Å². The third-order valence-corrected chi connectivity index (χ3v) is 9.52. The van der Waals surface area contributed by atoms with Crippen molar-refractivity contribution in [1.82, 2.24) is 9.97 Å². The standard InChI is InChI=1S/C40H26N4O3S2/c45-37(43-39-41-35(23-48-39)31-11-9-25-5-1-3-7-29(25)21-31)27-13-17-33(18-14-27)47-34-19-15-28(16-20-34)38(46)44-40-42-36(24-49-40)32-12-10-26-6-2-4-8-30(26)22-32/h1-24H,(H,41,43,45)(H,42,44,46). The van der Waals surface area contributed by atoms with Gasteiger partial charge < -0.3 is 4.74 Å². The summed E-state index contributed by atoms with van der Waals surface area (Å²) in [5, 5.41) is 15.3. The Balaban J connectivity index is 0.861. The van der Waals surface area contributed by atoms with Gasteiger partial charge in [-0.05, 0) is 82.2 Å². The van der Waals surface area contributed by atoms with Crippen molar-refractivity contribution in [3.63, 3.8) is 0 Å². The molecule has 2 amide bonds. The predicted octanol–water partition coefficient (Wildman–Crippen LogP) is 10.5. The van der Waals surface area contributed by atoms with Crippen LogP contribution in [-0.2, 0) is 0 Å². The highest BCUT2D eigenvalue weighted by molar-refractivity contribution is 7.14. The molecule has 8 rings (SSSR count). The van der Waals surface area contributed by atoms with Crippen molar-refractivity contribution in [2.75, 3.05) is 10.6 Å². The zero-order valence-corrected chi connectivity index (χ0v) is 27.4. The van der Waals surface area contributed by atoms with E-state index >= 15 is 0 Å². The first-order valence-electron chi connectivity index (χ1n) is 15.4. The normalized spacial score (nSPS) is 11.0. The van der Waals surface area contributed by atoms with E-state index in [4.69, 9.17) is 4.74 Å². The molecule has 0 saturated carbocycles. The molecule has 0 spiro atoms. The second kappa shape index (κ2) is 13.2. The van der Waals surface area contributed by atoms with Crippen molar-refractivity contribution in [3.05, 3.63) is 155 Å². The lowest BCUT2D eigenvalue weighted by molar-refractivity contribution is 0.101. The number of carbonyl (C=O) groups excluding carboxylic acids is 2. The zero-order chi connectivity index (χ0) is 33.2. The first-order chi connectivity index (χ1) is 24.0. The highest BCUT2D eigenvalue weighted by Gasteiger charge is 2.13. The summed E-state index contributed by atoms with van der Waals surface area (Å²) in [5.74, 6) is 0.605. The smallest absolute Gasteiger partial charge is 0.257 e. The van der Waals surface area contributed by atoms with E-state index in [0.717, 1.165) is 33.3 Å². The van der Waals surface area contributed by atoms with Gasteiger partial charge in [0.1, 0.15) is 11.5 Å². The van der Waals surface area contributed by atoms with Gasteiger partial charge in [0.2, 0.25) is 0 Å². The number of ether oxygens (including phenoxy) is 1. The molecule has 0 atom stereocenters. The second-order valence-corrected chi connectivity index (χ2v) is 13.0. The van der Waals surface area contributed by atoms with E-state index in [1.807, 2.05) is 47.2 Å². The fourth-order valence-electron chi connectivity index (χ4n) is 5.45.